The minimum Gasteiger partial charge on any atom is -0.481 e. The van der Waals surface area contributed by atoms with Crippen LogP contribution in [0.2, 0.25) is 0 Å². The monoisotopic (exact) mass is 364 g/mol. The van der Waals surface area contributed by atoms with Gasteiger partial charge in [-0.2, -0.15) is 0 Å². The molecule has 7 heteroatoms. The molecule has 1 aliphatic carbocycles. The maximum atomic E-state index is 13.2. The molecule has 0 aromatic heterocycles. The molecule has 2 aromatic carbocycles. The Kier molecular flexibility index (Phi) is 4.17. The lowest BCUT2D eigenvalue weighted by atomic mass is 10.0. The van der Waals surface area contributed by atoms with Crippen molar-refractivity contribution in [2.24, 2.45) is 5.41 Å². The maximum absolute atomic E-state index is 13.2. The third kappa shape index (κ3) is 2.63. The Morgan fingerprint density at radius 3 is 2.16 bits per heavy atom. The van der Waals surface area contributed by atoms with Gasteiger partial charge in [-0.25, -0.2) is 12.8 Å². The first kappa shape index (κ1) is 17.6. The van der Waals surface area contributed by atoms with Crippen LogP contribution in [0.25, 0.3) is 0 Å². The van der Waals surface area contributed by atoms with Gasteiger partial charge in [0, 0.05) is 5.92 Å². The molecule has 0 heterocycles. The molecule has 2 aromatic rings. The highest BCUT2D eigenvalue weighted by Gasteiger charge is 2.75. The number of benzene rings is 2. The van der Waals surface area contributed by atoms with Gasteiger partial charge in [-0.15, -0.1) is 0 Å². The quantitative estimate of drug-likeness (QED) is 0.848. The summed E-state index contributed by atoms with van der Waals surface area (Å²) in [6, 6.07) is 11.1. The molecule has 0 spiro atoms. The van der Waals surface area contributed by atoms with Gasteiger partial charge in [0.05, 0.1) is 16.8 Å². The number of aliphatic hydroxyl groups is 1. The van der Waals surface area contributed by atoms with E-state index in [1.807, 2.05) is 6.92 Å². The Labute approximate surface area is 144 Å². The highest BCUT2D eigenvalue weighted by Crippen LogP contribution is 2.64. The number of carboxylic acid groups (broad SMARTS) is 1. The number of aliphatic hydroxyl groups excluding tert-OH is 1. The molecule has 132 valence electrons. The second kappa shape index (κ2) is 5.93. The number of aliphatic carboxylic acids is 1. The molecule has 0 amide bonds. The van der Waals surface area contributed by atoms with Gasteiger partial charge in [0.1, 0.15) is 11.2 Å². The Hall–Kier alpha value is -2.25. The topological polar surface area (TPSA) is 91.7 Å². The number of sulfone groups is 1. The minimum atomic E-state index is -3.99. The van der Waals surface area contributed by atoms with Crippen LogP contribution in [0.1, 0.15) is 17.0 Å². The maximum Gasteiger partial charge on any atom is 0.314 e. The molecule has 5 nitrogen and oxygen atoms in total. The normalized spacial score (nSPS) is 25.6. The molecule has 1 saturated carbocycles. The van der Waals surface area contributed by atoms with Crippen LogP contribution in [0.5, 0.6) is 0 Å². The van der Waals surface area contributed by atoms with Crippen LogP contribution in [-0.2, 0) is 14.6 Å². The van der Waals surface area contributed by atoms with Gasteiger partial charge < -0.3 is 10.2 Å². The van der Waals surface area contributed by atoms with Crippen LogP contribution in [0, 0.1) is 18.2 Å². The summed E-state index contributed by atoms with van der Waals surface area (Å²) in [5.74, 6) is -2.83. The Balaban J connectivity index is 2.10. The van der Waals surface area contributed by atoms with Crippen LogP contribution in [0.15, 0.2) is 53.4 Å². The minimum absolute atomic E-state index is 0.00628. The second-order valence-corrected chi connectivity index (χ2v) is 8.38. The van der Waals surface area contributed by atoms with Gasteiger partial charge in [-0.3, -0.25) is 4.79 Å². The van der Waals surface area contributed by atoms with E-state index in [9.17, 15) is 27.8 Å². The van der Waals surface area contributed by atoms with E-state index in [4.69, 9.17) is 0 Å². The summed E-state index contributed by atoms with van der Waals surface area (Å²) in [5, 5.41) is 18.0. The lowest BCUT2D eigenvalue weighted by Crippen LogP contribution is -2.27. The third-order valence-electron chi connectivity index (χ3n) is 4.83. The van der Waals surface area contributed by atoms with E-state index in [2.05, 4.69) is 0 Å². The SMILES string of the molecule is Cc1ccc(S(=O)(=O)[C@@H]2[C@H](c3ccc(F)cc3)[C@@]2(CO)C(=O)O)cc1. The number of hydrogen-bond acceptors (Lipinski definition) is 4. The van der Waals surface area contributed by atoms with Crippen LogP contribution < -0.4 is 0 Å². The second-order valence-electron chi connectivity index (χ2n) is 6.31. The van der Waals surface area contributed by atoms with E-state index in [0.717, 1.165) is 17.7 Å². The first-order valence-corrected chi connectivity index (χ1v) is 9.20. The van der Waals surface area contributed by atoms with Crippen LogP contribution in [-0.4, -0.2) is 36.5 Å². The largest absolute Gasteiger partial charge is 0.481 e. The summed E-state index contributed by atoms with van der Waals surface area (Å²) >= 11 is 0. The predicted molar refractivity (Wildman–Crippen MR) is 88.4 cm³/mol. The first-order valence-electron chi connectivity index (χ1n) is 7.65. The van der Waals surface area contributed by atoms with Crippen molar-refractivity contribution in [2.45, 2.75) is 23.0 Å². The van der Waals surface area contributed by atoms with E-state index >= 15 is 0 Å². The van der Waals surface area contributed by atoms with E-state index in [-0.39, 0.29) is 4.90 Å². The zero-order valence-corrected chi connectivity index (χ0v) is 14.2. The molecule has 2 N–H and O–H groups in total. The molecule has 25 heavy (non-hydrogen) atoms. The number of aryl methyl sites for hydroxylation is 1. The fourth-order valence-electron chi connectivity index (χ4n) is 3.39. The molecule has 3 rings (SSSR count). The van der Waals surface area contributed by atoms with Crippen molar-refractivity contribution < 1.29 is 27.8 Å². The van der Waals surface area contributed by atoms with Crippen molar-refractivity contribution in [3.63, 3.8) is 0 Å². The number of carboxylic acids is 1. The average molecular weight is 364 g/mol. The van der Waals surface area contributed by atoms with Gasteiger partial charge in [-0.05, 0) is 36.8 Å². The molecule has 1 aliphatic rings. The lowest BCUT2D eigenvalue weighted by Gasteiger charge is -2.09. The summed E-state index contributed by atoms with van der Waals surface area (Å²) in [6.45, 7) is 0.990. The Morgan fingerprint density at radius 1 is 1.12 bits per heavy atom. The zero-order chi connectivity index (χ0) is 18.4. The van der Waals surface area contributed by atoms with Crippen molar-refractivity contribution in [1.82, 2.24) is 0 Å². The Morgan fingerprint density at radius 2 is 1.68 bits per heavy atom. The van der Waals surface area contributed by atoms with Crippen molar-refractivity contribution in [3.8, 4) is 0 Å². The van der Waals surface area contributed by atoms with Crippen molar-refractivity contribution in [3.05, 3.63) is 65.5 Å². The number of halogens is 1. The summed E-state index contributed by atoms with van der Waals surface area (Å²) in [4.78, 5) is 11.8. The number of carbonyl (C=O) groups is 1. The van der Waals surface area contributed by atoms with E-state index in [1.165, 1.54) is 24.3 Å². The number of rotatable bonds is 5. The zero-order valence-electron chi connectivity index (χ0n) is 13.4. The van der Waals surface area contributed by atoms with Gasteiger partial charge in [0.25, 0.3) is 0 Å². The highest BCUT2D eigenvalue weighted by atomic mass is 32.2. The third-order valence-corrected chi connectivity index (χ3v) is 7.12. The lowest BCUT2D eigenvalue weighted by molar-refractivity contribution is -0.145. The van der Waals surface area contributed by atoms with E-state index in [1.54, 1.807) is 12.1 Å². The summed E-state index contributed by atoms with van der Waals surface area (Å²) in [6.07, 6.45) is 0. The summed E-state index contributed by atoms with van der Waals surface area (Å²) in [5.41, 5.74) is -0.586. The molecule has 0 aliphatic heterocycles. The van der Waals surface area contributed by atoms with E-state index in [0.29, 0.717) is 5.56 Å². The predicted octanol–water partition coefficient (Wildman–Crippen LogP) is 2.14. The van der Waals surface area contributed by atoms with Crippen LogP contribution in [0.3, 0.4) is 0 Å². The van der Waals surface area contributed by atoms with Gasteiger partial charge in [0.2, 0.25) is 0 Å². The Bertz CT molecular complexity index is 905. The fraction of sp³-hybridized carbons (Fsp3) is 0.278. The molecule has 3 atom stereocenters. The molecule has 0 bridgehead atoms. The van der Waals surface area contributed by atoms with Crippen molar-refractivity contribution in [2.75, 3.05) is 6.61 Å². The molecular formula is C18H17FO5S. The van der Waals surface area contributed by atoms with Gasteiger partial charge >= 0.3 is 5.97 Å². The van der Waals surface area contributed by atoms with E-state index < -0.39 is 44.8 Å². The van der Waals surface area contributed by atoms with Gasteiger partial charge in [-0.1, -0.05) is 29.8 Å². The smallest absolute Gasteiger partial charge is 0.314 e. The summed E-state index contributed by atoms with van der Waals surface area (Å²) < 4.78 is 39.1. The average Bonchev–Trinajstić information content (AvgIpc) is 3.27. The van der Waals surface area contributed by atoms with Crippen molar-refractivity contribution in [1.29, 1.82) is 0 Å². The first-order chi connectivity index (χ1) is 11.7. The number of hydrogen-bond donors (Lipinski definition) is 2. The fourth-order valence-corrected chi connectivity index (χ4v) is 5.75. The van der Waals surface area contributed by atoms with Gasteiger partial charge in [0.15, 0.2) is 9.84 Å². The van der Waals surface area contributed by atoms with Crippen LogP contribution >= 0.6 is 0 Å². The molecule has 0 unspecified atom stereocenters. The highest BCUT2D eigenvalue weighted by molar-refractivity contribution is 7.92. The molecule has 0 radical (unpaired) electrons. The molecule has 1 fully saturated rings. The molecular weight excluding hydrogens is 347 g/mol. The van der Waals surface area contributed by atoms with Crippen LogP contribution in [0.4, 0.5) is 4.39 Å². The summed E-state index contributed by atoms with van der Waals surface area (Å²) in [7, 11) is -3.99. The molecule has 0 saturated heterocycles. The van der Waals surface area contributed by atoms with Crippen molar-refractivity contribution >= 4 is 15.8 Å². The standard InChI is InChI=1S/C18H17FO5S/c1-11-2-8-14(9-3-11)25(23,24)16-15(18(16,10-20)17(21)22)12-4-6-13(19)7-5-12/h2-9,15-16,20H,10H2,1H3,(H,21,22)/t15-,16+,18+/m0/s1.